The Kier molecular flexibility index (Phi) is 6.06. The van der Waals surface area contributed by atoms with Crippen molar-refractivity contribution in [1.82, 2.24) is 9.55 Å². The maximum Gasteiger partial charge on any atom is 0.416 e. The van der Waals surface area contributed by atoms with E-state index >= 15 is 0 Å². The summed E-state index contributed by atoms with van der Waals surface area (Å²) in [6, 6.07) is 9.93. The number of aromatic nitrogens is 2. The van der Waals surface area contributed by atoms with Crippen molar-refractivity contribution in [2.45, 2.75) is 25.0 Å². The van der Waals surface area contributed by atoms with Crippen molar-refractivity contribution >= 4 is 5.95 Å². The summed E-state index contributed by atoms with van der Waals surface area (Å²) in [5.74, 6) is 0.200. The molecule has 0 aliphatic carbocycles. The fourth-order valence-electron chi connectivity index (χ4n) is 2.99. The molecule has 0 fully saturated rings. The second kappa shape index (κ2) is 8.39. The Morgan fingerprint density at radius 3 is 2.03 bits per heavy atom. The molecular weight excluding hydrogens is 412 g/mol. The number of rotatable bonds is 6. The zero-order valence-corrected chi connectivity index (χ0v) is 15.4. The lowest BCUT2D eigenvalue weighted by molar-refractivity contribution is -0.143. The van der Waals surface area contributed by atoms with Gasteiger partial charge >= 0.3 is 12.4 Å². The maximum absolute atomic E-state index is 13.0. The van der Waals surface area contributed by atoms with Gasteiger partial charge in [0, 0.05) is 12.4 Å². The Morgan fingerprint density at radius 2 is 1.53 bits per heavy atom. The molecule has 4 nitrogen and oxygen atoms in total. The quantitative estimate of drug-likeness (QED) is 0.541. The van der Waals surface area contributed by atoms with Gasteiger partial charge in [0.1, 0.15) is 0 Å². The fraction of sp³-hybridized carbons (Fsp3) is 0.250. The number of ether oxygens (including phenoxy) is 1. The van der Waals surface area contributed by atoms with Crippen LogP contribution in [-0.4, -0.2) is 16.2 Å². The molecule has 0 spiro atoms. The lowest BCUT2D eigenvalue weighted by atomic mass is 10.0. The maximum atomic E-state index is 13.0. The molecule has 0 saturated heterocycles. The molecule has 1 unspecified atom stereocenters. The molecule has 30 heavy (non-hydrogen) atoms. The Bertz CT molecular complexity index is 950. The van der Waals surface area contributed by atoms with E-state index in [0.717, 1.165) is 5.56 Å². The highest BCUT2D eigenvalue weighted by molar-refractivity contribution is 5.33. The number of nitrogens with two attached hydrogens (primary N) is 1. The van der Waals surface area contributed by atoms with Crippen LogP contribution in [0, 0.1) is 0 Å². The van der Waals surface area contributed by atoms with Crippen LogP contribution in [0.5, 0.6) is 0 Å². The zero-order valence-electron chi connectivity index (χ0n) is 15.4. The highest BCUT2D eigenvalue weighted by atomic mass is 19.4. The van der Waals surface area contributed by atoms with Crippen LogP contribution in [0.2, 0.25) is 0 Å². The summed E-state index contributed by atoms with van der Waals surface area (Å²) in [5, 5.41) is 0. The van der Waals surface area contributed by atoms with E-state index in [4.69, 9.17) is 10.5 Å². The van der Waals surface area contributed by atoms with Crippen molar-refractivity contribution in [3.8, 4) is 0 Å². The predicted molar refractivity (Wildman–Crippen MR) is 97.3 cm³/mol. The average molecular weight is 429 g/mol. The molecule has 0 saturated carbocycles. The first kappa shape index (κ1) is 21.7. The molecule has 0 bridgehead atoms. The van der Waals surface area contributed by atoms with Crippen molar-refractivity contribution in [2.24, 2.45) is 0 Å². The van der Waals surface area contributed by atoms with Gasteiger partial charge in [0.15, 0.2) is 0 Å². The highest BCUT2D eigenvalue weighted by Gasteiger charge is 2.36. The molecule has 0 amide bonds. The van der Waals surface area contributed by atoms with E-state index in [1.54, 1.807) is 41.1 Å². The zero-order chi connectivity index (χ0) is 21.9. The smallest absolute Gasteiger partial charge is 0.374 e. The molecule has 1 aromatic heterocycles. The first-order chi connectivity index (χ1) is 14.1. The second-order valence-electron chi connectivity index (χ2n) is 6.55. The van der Waals surface area contributed by atoms with Crippen LogP contribution in [0.3, 0.4) is 0 Å². The summed E-state index contributed by atoms with van der Waals surface area (Å²) in [6.07, 6.45) is -6.72. The van der Waals surface area contributed by atoms with E-state index in [9.17, 15) is 26.3 Å². The molecule has 10 heteroatoms. The van der Waals surface area contributed by atoms with Crippen LogP contribution < -0.4 is 5.73 Å². The van der Waals surface area contributed by atoms with Gasteiger partial charge in [-0.2, -0.15) is 26.3 Å². The Morgan fingerprint density at radius 1 is 0.933 bits per heavy atom. The summed E-state index contributed by atoms with van der Waals surface area (Å²) >= 11 is 0. The van der Waals surface area contributed by atoms with Gasteiger partial charge in [0.25, 0.3) is 0 Å². The normalized spacial score (nSPS) is 13.4. The summed E-state index contributed by atoms with van der Waals surface area (Å²) in [5.41, 5.74) is 3.64. The van der Waals surface area contributed by atoms with Crippen LogP contribution in [-0.2, 0) is 23.7 Å². The van der Waals surface area contributed by atoms with E-state index in [1.165, 1.54) is 6.20 Å². The van der Waals surface area contributed by atoms with Crippen LogP contribution in [0.4, 0.5) is 32.3 Å². The van der Waals surface area contributed by atoms with Gasteiger partial charge < -0.3 is 15.0 Å². The first-order valence-electron chi connectivity index (χ1n) is 8.75. The lowest BCUT2D eigenvalue weighted by Gasteiger charge is -2.21. The molecule has 160 valence electrons. The third-order valence-corrected chi connectivity index (χ3v) is 4.41. The van der Waals surface area contributed by atoms with Gasteiger partial charge in [0.05, 0.1) is 30.4 Å². The molecule has 1 heterocycles. The Balaban J connectivity index is 1.82. The highest BCUT2D eigenvalue weighted by Crippen LogP contribution is 2.36. The monoisotopic (exact) mass is 429 g/mol. The summed E-state index contributed by atoms with van der Waals surface area (Å²) in [4.78, 5) is 3.94. The third-order valence-electron chi connectivity index (χ3n) is 4.41. The van der Waals surface area contributed by atoms with E-state index < -0.39 is 36.1 Å². The minimum absolute atomic E-state index is 0.0395. The van der Waals surface area contributed by atoms with Crippen molar-refractivity contribution in [3.63, 3.8) is 0 Å². The number of nitrogens with zero attached hydrogens (tertiary/aromatic N) is 2. The van der Waals surface area contributed by atoms with Crippen LogP contribution >= 0.6 is 0 Å². The minimum Gasteiger partial charge on any atom is -0.374 e. The van der Waals surface area contributed by atoms with Crippen LogP contribution in [0.25, 0.3) is 0 Å². The van der Waals surface area contributed by atoms with Crippen molar-refractivity contribution in [3.05, 3.63) is 83.2 Å². The molecule has 2 N–H and O–H groups in total. The molecule has 3 aromatic rings. The Labute approximate surface area is 167 Å². The number of hydrogen-bond donors (Lipinski definition) is 1. The standard InChI is InChI=1S/C20H17F6N3O/c21-19(22,23)15-8-13(9-16(10-15)20(24,25)26)11-30-12-17(14-4-2-1-3-5-14)29-7-6-28-18(29)27/h1-10,17H,11-12H2,(H2,27,28). The average Bonchev–Trinajstić information content (AvgIpc) is 3.10. The molecule has 0 aliphatic heterocycles. The molecule has 0 aliphatic rings. The topological polar surface area (TPSA) is 53.1 Å². The van der Waals surface area contributed by atoms with Gasteiger partial charge in [-0.1, -0.05) is 30.3 Å². The van der Waals surface area contributed by atoms with E-state index in [-0.39, 0.29) is 24.2 Å². The van der Waals surface area contributed by atoms with Crippen molar-refractivity contribution in [2.75, 3.05) is 12.3 Å². The van der Waals surface area contributed by atoms with Crippen LogP contribution in [0.1, 0.15) is 28.3 Å². The largest absolute Gasteiger partial charge is 0.416 e. The van der Waals surface area contributed by atoms with Gasteiger partial charge in [0.2, 0.25) is 5.95 Å². The number of nitrogen functional groups attached to an aromatic ring is 1. The number of halogens is 6. The van der Waals surface area contributed by atoms with E-state index in [2.05, 4.69) is 4.98 Å². The van der Waals surface area contributed by atoms with Crippen LogP contribution in [0.15, 0.2) is 60.9 Å². The summed E-state index contributed by atoms with van der Waals surface area (Å²) in [7, 11) is 0. The van der Waals surface area contributed by atoms with Crippen molar-refractivity contribution in [1.29, 1.82) is 0 Å². The fourth-order valence-corrected chi connectivity index (χ4v) is 2.99. The predicted octanol–water partition coefficient (Wildman–Crippen LogP) is 5.31. The van der Waals surface area contributed by atoms with Gasteiger partial charge in [-0.3, -0.25) is 0 Å². The minimum atomic E-state index is -4.91. The first-order valence-corrected chi connectivity index (χ1v) is 8.75. The number of imidazole rings is 1. The SMILES string of the molecule is Nc1nccn1C(COCc1cc(C(F)(F)F)cc(C(F)(F)F)c1)c1ccccc1. The number of hydrogen-bond acceptors (Lipinski definition) is 3. The van der Waals surface area contributed by atoms with Gasteiger partial charge in [-0.15, -0.1) is 0 Å². The molecule has 0 radical (unpaired) electrons. The Hall–Kier alpha value is -3.01. The summed E-state index contributed by atoms with van der Waals surface area (Å²) < 4.78 is 85.2. The molecule has 3 rings (SSSR count). The molecule has 1 atom stereocenters. The van der Waals surface area contributed by atoms with Crippen molar-refractivity contribution < 1.29 is 31.1 Å². The number of benzene rings is 2. The van der Waals surface area contributed by atoms with E-state index in [1.807, 2.05) is 0 Å². The third kappa shape index (κ3) is 5.12. The summed E-state index contributed by atoms with van der Waals surface area (Å²) in [6.45, 7) is -0.479. The molecular formula is C20H17F6N3O. The molecule has 2 aromatic carbocycles. The number of alkyl halides is 6. The lowest BCUT2D eigenvalue weighted by Crippen LogP contribution is -2.18. The van der Waals surface area contributed by atoms with Gasteiger partial charge in [-0.05, 0) is 29.3 Å². The van der Waals surface area contributed by atoms with Gasteiger partial charge in [-0.25, -0.2) is 4.98 Å². The second-order valence-corrected chi connectivity index (χ2v) is 6.55. The number of anilines is 1. The van der Waals surface area contributed by atoms with E-state index in [0.29, 0.717) is 12.1 Å².